The van der Waals surface area contributed by atoms with Crippen molar-refractivity contribution in [2.75, 3.05) is 0 Å². The maximum Gasteiger partial charge on any atom is 0.235 e. The van der Waals surface area contributed by atoms with Gasteiger partial charge in [0.2, 0.25) is 5.78 Å². The monoisotopic (exact) mass is 456 g/mol. The molecular weight excluding hydrogens is 428 g/mol. The zero-order chi connectivity index (χ0) is 23.8. The minimum Gasteiger partial charge on any atom is -0.321 e. The lowest BCUT2D eigenvalue weighted by Crippen LogP contribution is -2.43. The van der Waals surface area contributed by atoms with Gasteiger partial charge in [0.25, 0.3) is 0 Å². The van der Waals surface area contributed by atoms with Gasteiger partial charge in [-0.05, 0) is 43.4 Å². The summed E-state index contributed by atoms with van der Waals surface area (Å²) in [5, 5.41) is 0. The summed E-state index contributed by atoms with van der Waals surface area (Å²) in [5.74, 6) is 0.685. The summed E-state index contributed by atoms with van der Waals surface area (Å²) in [6, 6.07) is 29.4. The molecule has 5 aromatic rings. The lowest BCUT2D eigenvalue weighted by atomic mass is 9.72. The fourth-order valence-corrected chi connectivity index (χ4v) is 4.97. The summed E-state index contributed by atoms with van der Waals surface area (Å²) in [6.07, 6.45) is 9.63. The number of nitrogens with two attached hydrogens (primary N) is 1. The van der Waals surface area contributed by atoms with Crippen LogP contribution in [0.2, 0.25) is 0 Å². The highest BCUT2D eigenvalue weighted by molar-refractivity contribution is 5.83. The Morgan fingerprint density at radius 1 is 0.771 bits per heavy atom. The van der Waals surface area contributed by atoms with Crippen LogP contribution in [0.15, 0.2) is 97.2 Å². The van der Waals surface area contributed by atoms with Crippen molar-refractivity contribution < 1.29 is 0 Å². The van der Waals surface area contributed by atoms with Crippen LogP contribution in [0, 0.1) is 0 Å². The average Bonchev–Trinajstić information content (AvgIpc) is 3.25. The molecule has 2 heterocycles. The highest BCUT2D eigenvalue weighted by atomic mass is 15.1. The summed E-state index contributed by atoms with van der Waals surface area (Å²) in [5.41, 5.74) is 14.8. The Kier molecular flexibility index (Phi) is 5.31. The molecule has 0 saturated heterocycles. The predicted molar refractivity (Wildman–Crippen MR) is 144 cm³/mol. The van der Waals surface area contributed by atoms with E-state index in [9.17, 15) is 0 Å². The molecule has 0 radical (unpaired) electrons. The lowest BCUT2D eigenvalue weighted by molar-refractivity contribution is 0.253. The number of hydrogen-bond acceptors (Lipinski definition) is 3. The van der Waals surface area contributed by atoms with Crippen molar-refractivity contribution in [2.24, 2.45) is 5.73 Å². The van der Waals surface area contributed by atoms with E-state index >= 15 is 0 Å². The third kappa shape index (κ3) is 3.76. The zero-order valence-corrected chi connectivity index (χ0v) is 19.9. The second-order valence-electron chi connectivity index (χ2n) is 9.34. The Morgan fingerprint density at radius 2 is 1.37 bits per heavy atom. The number of rotatable bonds is 5. The van der Waals surface area contributed by atoms with Crippen molar-refractivity contribution in [1.82, 2.24) is 14.4 Å². The normalized spacial score (nSPS) is 14.9. The van der Waals surface area contributed by atoms with Crippen LogP contribution in [0.25, 0.3) is 45.5 Å². The molecule has 1 aliphatic carbocycles. The van der Waals surface area contributed by atoms with E-state index in [1.54, 1.807) is 0 Å². The van der Waals surface area contributed by atoms with Crippen LogP contribution < -0.4 is 5.73 Å². The van der Waals surface area contributed by atoms with Crippen LogP contribution in [-0.4, -0.2) is 14.4 Å². The lowest BCUT2D eigenvalue weighted by Gasteiger charge is -2.38. The quantitative estimate of drug-likeness (QED) is 0.307. The maximum atomic E-state index is 6.58. The first-order chi connectivity index (χ1) is 17.2. The minimum atomic E-state index is -0.173. The van der Waals surface area contributed by atoms with Gasteiger partial charge in [0.1, 0.15) is 0 Å². The topological polar surface area (TPSA) is 56.2 Å². The fraction of sp³-hybridized carbons (Fsp3) is 0.161. The van der Waals surface area contributed by atoms with Gasteiger partial charge in [-0.25, -0.2) is 9.97 Å². The Balaban J connectivity index is 1.57. The second-order valence-corrected chi connectivity index (χ2v) is 9.34. The number of imidazole rings is 1. The fourth-order valence-electron chi connectivity index (χ4n) is 4.97. The molecular formula is C31H28N4. The van der Waals surface area contributed by atoms with Gasteiger partial charge in [0, 0.05) is 28.4 Å². The summed E-state index contributed by atoms with van der Waals surface area (Å²) in [4.78, 5) is 10.1. The van der Waals surface area contributed by atoms with E-state index in [4.69, 9.17) is 15.7 Å². The molecule has 1 fully saturated rings. The van der Waals surface area contributed by atoms with Crippen molar-refractivity contribution >= 4 is 11.9 Å². The van der Waals surface area contributed by atoms with Crippen molar-refractivity contribution in [3.63, 3.8) is 0 Å². The van der Waals surface area contributed by atoms with E-state index < -0.39 is 0 Å². The Morgan fingerprint density at radius 3 is 1.97 bits per heavy atom. The Labute approximate surface area is 205 Å². The molecule has 2 aromatic heterocycles. The van der Waals surface area contributed by atoms with E-state index in [0.29, 0.717) is 5.78 Å². The van der Waals surface area contributed by atoms with Crippen LogP contribution in [0.3, 0.4) is 0 Å². The largest absolute Gasteiger partial charge is 0.321 e. The van der Waals surface area contributed by atoms with Crippen molar-refractivity contribution in [2.45, 2.75) is 31.7 Å². The molecule has 35 heavy (non-hydrogen) atoms. The molecule has 172 valence electrons. The van der Waals surface area contributed by atoms with Crippen molar-refractivity contribution in [3.05, 3.63) is 108 Å². The summed E-state index contributed by atoms with van der Waals surface area (Å²) < 4.78 is 2.10. The van der Waals surface area contributed by atoms with Gasteiger partial charge in [-0.2, -0.15) is 0 Å². The van der Waals surface area contributed by atoms with Crippen molar-refractivity contribution in [1.29, 1.82) is 0 Å². The zero-order valence-electron chi connectivity index (χ0n) is 19.9. The SMILES string of the molecule is C/C=C/c1c(-c2ccccc2)nc2nc(-c3ccc(C4(N)CCC4)cc3)c(-c3ccccc3)cn12. The van der Waals surface area contributed by atoms with E-state index in [0.717, 1.165) is 52.2 Å². The summed E-state index contributed by atoms with van der Waals surface area (Å²) in [6.45, 7) is 2.03. The predicted octanol–water partition coefficient (Wildman–Crippen LogP) is 7.10. The molecule has 0 aliphatic heterocycles. The van der Waals surface area contributed by atoms with E-state index in [1.165, 1.54) is 12.0 Å². The van der Waals surface area contributed by atoms with Gasteiger partial charge in [0.05, 0.1) is 17.1 Å². The van der Waals surface area contributed by atoms with Gasteiger partial charge < -0.3 is 5.73 Å². The Bertz CT molecular complexity index is 1510. The number of aromatic nitrogens is 3. The number of fused-ring (bicyclic) bond motifs is 1. The molecule has 6 rings (SSSR count). The molecule has 2 N–H and O–H groups in total. The average molecular weight is 457 g/mol. The minimum absolute atomic E-state index is 0.173. The first kappa shape index (κ1) is 21.5. The number of nitrogens with zero attached hydrogens (tertiary/aromatic N) is 3. The summed E-state index contributed by atoms with van der Waals surface area (Å²) in [7, 11) is 0. The van der Waals surface area contributed by atoms with E-state index in [-0.39, 0.29) is 5.54 Å². The van der Waals surface area contributed by atoms with Crippen LogP contribution in [0.5, 0.6) is 0 Å². The maximum absolute atomic E-state index is 6.58. The molecule has 4 heteroatoms. The van der Waals surface area contributed by atoms with Crippen LogP contribution in [0.4, 0.5) is 0 Å². The number of hydrogen-bond donors (Lipinski definition) is 1. The van der Waals surface area contributed by atoms with Gasteiger partial charge >= 0.3 is 0 Å². The smallest absolute Gasteiger partial charge is 0.235 e. The van der Waals surface area contributed by atoms with E-state index in [2.05, 4.69) is 77.3 Å². The highest BCUT2D eigenvalue weighted by Gasteiger charge is 2.34. The third-order valence-corrected chi connectivity index (χ3v) is 7.09. The standard InChI is InChI=1S/C31H28N4/c1-2-10-27-29(23-13-7-4-8-14-23)34-30-33-28(26(21-35(27)30)22-11-5-3-6-12-22)24-15-17-25(18-16-24)31(32)19-9-20-31/h2-8,10-18,21H,9,19-20,32H2,1H3/b10-2+. The number of allylic oxidation sites excluding steroid dienone is 1. The molecule has 0 amide bonds. The highest BCUT2D eigenvalue weighted by Crippen LogP contribution is 2.40. The van der Waals surface area contributed by atoms with Gasteiger partial charge in [-0.3, -0.25) is 4.40 Å². The van der Waals surface area contributed by atoms with Gasteiger partial charge in [-0.15, -0.1) is 0 Å². The molecule has 0 unspecified atom stereocenters. The molecule has 0 bridgehead atoms. The van der Waals surface area contributed by atoms with Crippen LogP contribution >= 0.6 is 0 Å². The molecule has 3 aromatic carbocycles. The van der Waals surface area contributed by atoms with Crippen LogP contribution in [-0.2, 0) is 5.54 Å². The number of benzene rings is 3. The molecule has 4 nitrogen and oxygen atoms in total. The molecule has 1 aliphatic rings. The van der Waals surface area contributed by atoms with Gasteiger partial charge in [-0.1, -0.05) is 91.0 Å². The molecule has 1 saturated carbocycles. The van der Waals surface area contributed by atoms with E-state index in [1.807, 2.05) is 37.3 Å². The molecule has 0 atom stereocenters. The first-order valence-electron chi connectivity index (χ1n) is 12.2. The van der Waals surface area contributed by atoms with Crippen molar-refractivity contribution in [3.8, 4) is 33.6 Å². The summed E-state index contributed by atoms with van der Waals surface area (Å²) >= 11 is 0. The molecule has 0 spiro atoms. The Hall–Kier alpha value is -4.02. The van der Waals surface area contributed by atoms with Crippen LogP contribution in [0.1, 0.15) is 37.4 Å². The third-order valence-electron chi connectivity index (χ3n) is 7.09. The first-order valence-corrected chi connectivity index (χ1v) is 12.2. The van der Waals surface area contributed by atoms with Gasteiger partial charge in [0.15, 0.2) is 0 Å². The second kappa shape index (κ2) is 8.64.